The quantitative estimate of drug-likeness (QED) is 0.181. The molecule has 0 aliphatic carbocycles. The summed E-state index contributed by atoms with van der Waals surface area (Å²) in [6.07, 6.45) is 5.42. The highest BCUT2D eigenvalue weighted by atomic mass is 14.9. The third-order valence-electron chi connectivity index (χ3n) is 9.06. The lowest BCUT2D eigenvalue weighted by molar-refractivity contribution is 1.21. The van der Waals surface area contributed by atoms with E-state index in [1.165, 1.54) is 27.6 Å². The van der Waals surface area contributed by atoms with E-state index in [1.54, 1.807) is 6.33 Å². The Labute approximate surface area is 278 Å². The number of rotatable bonds is 5. The highest BCUT2D eigenvalue weighted by molar-refractivity contribution is 6.19. The van der Waals surface area contributed by atoms with E-state index < -0.39 is 0 Å². The Kier molecular flexibility index (Phi) is 6.76. The second-order valence-electron chi connectivity index (χ2n) is 11.9. The van der Waals surface area contributed by atoms with E-state index in [9.17, 15) is 0 Å². The third kappa shape index (κ3) is 4.88. The van der Waals surface area contributed by atoms with Gasteiger partial charge in [0.15, 0.2) is 5.82 Å². The lowest BCUT2D eigenvalue weighted by Crippen LogP contribution is -1.98. The van der Waals surface area contributed by atoms with Gasteiger partial charge < -0.3 is 0 Å². The van der Waals surface area contributed by atoms with Gasteiger partial charge in [0.05, 0.1) is 11.0 Å². The molecule has 9 aromatic rings. The maximum Gasteiger partial charge on any atom is 0.159 e. The molecule has 0 atom stereocenters. The molecule has 0 aliphatic heterocycles. The largest absolute Gasteiger partial charge is 0.244 e. The summed E-state index contributed by atoms with van der Waals surface area (Å²) >= 11 is 0. The first kappa shape index (κ1) is 27.8. The number of hydrogen-bond donors (Lipinski definition) is 0. The molecule has 9 rings (SSSR count). The molecule has 0 amide bonds. The summed E-state index contributed by atoms with van der Waals surface area (Å²) < 4.78 is 0. The van der Waals surface area contributed by atoms with Crippen molar-refractivity contribution in [1.82, 2.24) is 19.9 Å². The van der Waals surface area contributed by atoms with E-state index in [4.69, 9.17) is 15.0 Å². The highest BCUT2D eigenvalue weighted by Crippen LogP contribution is 2.43. The Morgan fingerprint density at radius 2 is 0.833 bits per heavy atom. The molecule has 0 spiro atoms. The zero-order valence-electron chi connectivity index (χ0n) is 26.0. The van der Waals surface area contributed by atoms with Gasteiger partial charge in [-0.3, -0.25) is 0 Å². The van der Waals surface area contributed by atoms with Gasteiger partial charge in [0.25, 0.3) is 0 Å². The minimum absolute atomic E-state index is 0.678. The van der Waals surface area contributed by atoms with Crippen molar-refractivity contribution < 1.29 is 0 Å². The molecule has 48 heavy (non-hydrogen) atoms. The lowest BCUT2D eigenvalue weighted by atomic mass is 9.89. The molecule has 7 aromatic carbocycles. The van der Waals surface area contributed by atoms with E-state index in [-0.39, 0.29) is 0 Å². The Morgan fingerprint density at radius 1 is 0.354 bits per heavy atom. The standard InChI is InChI=1S/C44H28N4/c1-4-10-29(11-5-1)30-16-18-31(19-17-30)34-20-21-36-25-37(23-22-35(36)24-34)44-46-27-39-38-26-45-28-47-42(38)40(32-12-6-2-7-13-32)41(43(39)48-44)33-14-8-3-9-15-33/h1-28H. The topological polar surface area (TPSA) is 51.6 Å². The van der Waals surface area contributed by atoms with E-state index in [0.29, 0.717) is 5.82 Å². The van der Waals surface area contributed by atoms with Crippen LogP contribution < -0.4 is 0 Å². The Morgan fingerprint density at radius 3 is 1.48 bits per heavy atom. The molecule has 0 fully saturated rings. The van der Waals surface area contributed by atoms with Gasteiger partial charge in [-0.15, -0.1) is 0 Å². The molecule has 0 unspecified atom stereocenters. The van der Waals surface area contributed by atoms with Crippen molar-refractivity contribution in [2.75, 3.05) is 0 Å². The van der Waals surface area contributed by atoms with Gasteiger partial charge >= 0.3 is 0 Å². The van der Waals surface area contributed by atoms with E-state index in [0.717, 1.165) is 55.0 Å². The number of aromatic nitrogens is 4. The van der Waals surface area contributed by atoms with Gasteiger partial charge in [0.2, 0.25) is 0 Å². The number of fused-ring (bicyclic) bond motifs is 4. The highest BCUT2D eigenvalue weighted by Gasteiger charge is 2.21. The van der Waals surface area contributed by atoms with Crippen LogP contribution in [0, 0.1) is 0 Å². The summed E-state index contributed by atoms with van der Waals surface area (Å²) in [4.78, 5) is 19.4. The fourth-order valence-electron chi connectivity index (χ4n) is 6.69. The molecule has 0 saturated heterocycles. The molecule has 0 N–H and O–H groups in total. The molecular formula is C44H28N4. The summed E-state index contributed by atoms with van der Waals surface area (Å²) in [6.45, 7) is 0. The van der Waals surface area contributed by atoms with Crippen LogP contribution in [-0.2, 0) is 0 Å². The van der Waals surface area contributed by atoms with Crippen LogP contribution in [-0.4, -0.2) is 19.9 Å². The van der Waals surface area contributed by atoms with Crippen LogP contribution in [0.1, 0.15) is 0 Å². The normalized spacial score (nSPS) is 11.3. The smallest absolute Gasteiger partial charge is 0.159 e. The maximum atomic E-state index is 5.30. The van der Waals surface area contributed by atoms with Gasteiger partial charge in [-0.25, -0.2) is 19.9 Å². The van der Waals surface area contributed by atoms with Crippen molar-refractivity contribution >= 4 is 32.6 Å². The minimum Gasteiger partial charge on any atom is -0.244 e. The zero-order valence-corrected chi connectivity index (χ0v) is 26.0. The Bertz CT molecular complexity index is 2580. The van der Waals surface area contributed by atoms with E-state index in [1.807, 2.05) is 30.6 Å². The molecule has 4 heteroatoms. The van der Waals surface area contributed by atoms with Crippen LogP contribution >= 0.6 is 0 Å². The summed E-state index contributed by atoms with van der Waals surface area (Å²) in [7, 11) is 0. The molecule has 2 aromatic heterocycles. The van der Waals surface area contributed by atoms with Gasteiger partial charge in [-0.05, 0) is 56.3 Å². The predicted molar refractivity (Wildman–Crippen MR) is 197 cm³/mol. The van der Waals surface area contributed by atoms with E-state index in [2.05, 4.69) is 138 Å². The summed E-state index contributed by atoms with van der Waals surface area (Å²) in [5.74, 6) is 0.678. The first-order valence-electron chi connectivity index (χ1n) is 16.0. The van der Waals surface area contributed by atoms with Crippen molar-refractivity contribution in [3.05, 3.63) is 170 Å². The summed E-state index contributed by atoms with van der Waals surface area (Å²) in [5, 5.41) is 4.17. The maximum absolute atomic E-state index is 5.30. The third-order valence-corrected chi connectivity index (χ3v) is 9.06. The van der Waals surface area contributed by atoms with Crippen LogP contribution in [0.3, 0.4) is 0 Å². The molecule has 0 aliphatic rings. The van der Waals surface area contributed by atoms with Crippen LogP contribution in [0.4, 0.5) is 0 Å². The molecule has 224 valence electrons. The predicted octanol–water partition coefficient (Wildman–Crippen LogP) is 11.1. The summed E-state index contributed by atoms with van der Waals surface area (Å²) in [6, 6.07) is 53.2. The van der Waals surface area contributed by atoms with Crippen LogP contribution in [0.25, 0.3) is 88.5 Å². The average Bonchev–Trinajstić information content (AvgIpc) is 3.18. The van der Waals surface area contributed by atoms with Crippen molar-refractivity contribution in [3.63, 3.8) is 0 Å². The SMILES string of the molecule is c1ccc(-c2ccc(-c3ccc4cc(-c5ncc6c(n5)c(-c5ccccc5)c(-c5ccccc5)c5ncncc56)ccc4c3)cc2)cc1. The number of benzene rings is 7. The van der Waals surface area contributed by atoms with Crippen molar-refractivity contribution in [3.8, 4) is 55.9 Å². The fourth-order valence-corrected chi connectivity index (χ4v) is 6.69. The van der Waals surface area contributed by atoms with Crippen molar-refractivity contribution in [1.29, 1.82) is 0 Å². The van der Waals surface area contributed by atoms with Gasteiger partial charge in [0, 0.05) is 39.9 Å². The number of hydrogen-bond acceptors (Lipinski definition) is 4. The van der Waals surface area contributed by atoms with Gasteiger partial charge in [0.1, 0.15) is 6.33 Å². The molecular weight excluding hydrogens is 585 g/mol. The second-order valence-corrected chi connectivity index (χ2v) is 11.9. The zero-order chi connectivity index (χ0) is 31.9. The van der Waals surface area contributed by atoms with Crippen LogP contribution in [0.5, 0.6) is 0 Å². The second kappa shape index (κ2) is 11.7. The van der Waals surface area contributed by atoms with Crippen LogP contribution in [0.15, 0.2) is 170 Å². The van der Waals surface area contributed by atoms with Crippen molar-refractivity contribution in [2.24, 2.45) is 0 Å². The summed E-state index contributed by atoms with van der Waals surface area (Å²) in [5.41, 5.74) is 11.8. The van der Waals surface area contributed by atoms with Crippen LogP contribution in [0.2, 0.25) is 0 Å². The first-order valence-corrected chi connectivity index (χ1v) is 16.0. The van der Waals surface area contributed by atoms with Gasteiger partial charge in [-0.1, -0.05) is 140 Å². The van der Waals surface area contributed by atoms with Crippen molar-refractivity contribution in [2.45, 2.75) is 0 Å². The average molecular weight is 613 g/mol. The Hall–Kier alpha value is -6.52. The Balaban J connectivity index is 1.17. The molecule has 4 nitrogen and oxygen atoms in total. The monoisotopic (exact) mass is 612 g/mol. The molecule has 0 radical (unpaired) electrons. The van der Waals surface area contributed by atoms with Gasteiger partial charge in [-0.2, -0.15) is 0 Å². The molecule has 0 bridgehead atoms. The molecule has 2 heterocycles. The number of nitrogens with zero attached hydrogens (tertiary/aromatic N) is 4. The minimum atomic E-state index is 0.678. The first-order chi connectivity index (χ1) is 23.8. The van der Waals surface area contributed by atoms with E-state index >= 15 is 0 Å². The molecule has 0 saturated carbocycles. The lowest BCUT2D eigenvalue weighted by Gasteiger charge is -2.17. The fraction of sp³-hybridized carbons (Fsp3) is 0.